The summed E-state index contributed by atoms with van der Waals surface area (Å²) in [6, 6.07) is 30.2. The highest BCUT2D eigenvalue weighted by Crippen LogP contribution is 2.44. The summed E-state index contributed by atoms with van der Waals surface area (Å²) in [5.41, 5.74) is 3.46. The van der Waals surface area contributed by atoms with Crippen LogP contribution in [0.15, 0.2) is 117 Å². The first-order valence-corrected chi connectivity index (χ1v) is 16.0. The zero-order valence-electron chi connectivity index (χ0n) is 23.9. The molecule has 0 saturated heterocycles. The monoisotopic (exact) mass is 617 g/mol. The van der Waals surface area contributed by atoms with Gasteiger partial charge in [-0.05, 0) is 45.5 Å². The number of carbonyl (C=O) groups is 2. The molecule has 1 atom stereocenters. The first-order chi connectivity index (χ1) is 21.4. The van der Waals surface area contributed by atoms with Gasteiger partial charge in [-0.25, -0.2) is 0 Å². The van der Waals surface area contributed by atoms with Crippen molar-refractivity contribution in [1.82, 2.24) is 10.2 Å². The van der Waals surface area contributed by atoms with Crippen LogP contribution in [0.3, 0.4) is 0 Å². The average molecular weight is 618 g/mol. The molecule has 218 valence electrons. The Morgan fingerprint density at radius 2 is 1.68 bits per heavy atom. The second-order valence-corrected chi connectivity index (χ2v) is 13.1. The number of furan rings is 1. The van der Waals surface area contributed by atoms with E-state index in [0.29, 0.717) is 32.3 Å². The van der Waals surface area contributed by atoms with Crippen LogP contribution in [0.1, 0.15) is 53.1 Å². The number of aromatic nitrogens is 2. The second kappa shape index (κ2) is 11.4. The normalized spacial score (nSPS) is 15.3. The van der Waals surface area contributed by atoms with E-state index in [2.05, 4.69) is 48.3 Å². The summed E-state index contributed by atoms with van der Waals surface area (Å²) in [4.78, 5) is 29.0. The first kappa shape index (κ1) is 28.1. The number of benzene rings is 4. The molecule has 1 N–H and O–H groups in total. The third-order valence-corrected chi connectivity index (χ3v) is 9.96. The molecule has 0 aliphatic carbocycles. The number of aliphatic hydroxyl groups excluding tert-OH is 1. The van der Waals surface area contributed by atoms with Crippen molar-refractivity contribution in [3.05, 3.63) is 131 Å². The van der Waals surface area contributed by atoms with E-state index in [4.69, 9.17) is 4.42 Å². The van der Waals surface area contributed by atoms with Crippen molar-refractivity contribution in [3.63, 3.8) is 0 Å². The molecular weight excluding hydrogens is 591 g/mol. The van der Waals surface area contributed by atoms with Gasteiger partial charge in [0.05, 0.1) is 11.6 Å². The lowest BCUT2D eigenvalue weighted by atomic mass is 9.93. The summed E-state index contributed by atoms with van der Waals surface area (Å²) < 4.78 is 6.53. The molecule has 1 amide bonds. The number of rotatable bonds is 8. The zero-order valence-corrected chi connectivity index (χ0v) is 25.6. The molecule has 7 nitrogen and oxygen atoms in total. The second-order valence-electron chi connectivity index (χ2n) is 10.9. The fraction of sp³-hybridized carbons (Fsp3) is 0.143. The third-order valence-electron chi connectivity index (χ3n) is 7.85. The molecular formula is C35H27N3O4S2. The van der Waals surface area contributed by atoms with Crippen molar-refractivity contribution >= 4 is 61.7 Å². The van der Waals surface area contributed by atoms with E-state index in [1.807, 2.05) is 60.7 Å². The molecule has 7 rings (SSSR count). The molecule has 1 aliphatic rings. The number of anilines is 1. The van der Waals surface area contributed by atoms with Gasteiger partial charge in [-0.15, -0.1) is 10.2 Å². The van der Waals surface area contributed by atoms with Crippen molar-refractivity contribution in [2.75, 3.05) is 4.90 Å². The highest BCUT2D eigenvalue weighted by atomic mass is 32.2. The van der Waals surface area contributed by atoms with Crippen LogP contribution in [0.4, 0.5) is 5.13 Å². The van der Waals surface area contributed by atoms with Gasteiger partial charge in [0.15, 0.2) is 15.9 Å². The summed E-state index contributed by atoms with van der Waals surface area (Å²) in [5, 5.41) is 23.3. The van der Waals surface area contributed by atoms with Crippen LogP contribution in [-0.4, -0.2) is 27.0 Å². The van der Waals surface area contributed by atoms with Gasteiger partial charge in [0.1, 0.15) is 5.58 Å². The zero-order chi connectivity index (χ0) is 30.4. The molecule has 9 heteroatoms. The predicted molar refractivity (Wildman–Crippen MR) is 174 cm³/mol. The van der Waals surface area contributed by atoms with Crippen LogP contribution < -0.4 is 4.90 Å². The van der Waals surface area contributed by atoms with Gasteiger partial charge in [0.2, 0.25) is 10.9 Å². The standard InChI is InChI=1S/C35H27N3O4S2/c1-20(2)21-14-16-23(17-15-21)30-29(31(39)28-18-24-9-4-6-13-27(24)42-28)32(40)33(41)38(30)34-36-37-35(44-34)43-19-25-11-7-10-22-8-3-5-12-26(22)25/h3-18,20,30,40H,19H2,1-2H3/t30-/m0/s1. The van der Waals surface area contributed by atoms with Crippen LogP contribution in [0.2, 0.25) is 0 Å². The van der Waals surface area contributed by atoms with E-state index in [1.165, 1.54) is 44.3 Å². The highest BCUT2D eigenvalue weighted by Gasteiger charge is 2.46. The van der Waals surface area contributed by atoms with E-state index >= 15 is 0 Å². The Bertz CT molecular complexity index is 2040. The van der Waals surface area contributed by atoms with Gasteiger partial charge in [0.25, 0.3) is 5.91 Å². The number of aliphatic hydroxyl groups is 1. The third kappa shape index (κ3) is 4.98. The summed E-state index contributed by atoms with van der Waals surface area (Å²) in [7, 11) is 0. The Hall–Kier alpha value is -4.73. The number of ketones is 1. The molecule has 44 heavy (non-hydrogen) atoms. The maximum atomic E-state index is 14.0. The SMILES string of the molecule is CC(C)c1ccc([C@H]2C(C(=O)c3cc4ccccc4o3)=C(O)C(=O)N2c2nnc(SCc3cccc4ccccc34)s2)cc1. The fourth-order valence-electron chi connectivity index (χ4n) is 5.56. The fourth-order valence-corrected chi connectivity index (χ4v) is 7.43. The number of hydrogen-bond acceptors (Lipinski definition) is 8. The molecule has 6 aromatic rings. The minimum atomic E-state index is -0.909. The number of thioether (sulfide) groups is 1. The molecule has 0 unspecified atom stereocenters. The number of Topliss-reactive ketones (excluding diaryl/α,β-unsaturated/α-hetero) is 1. The predicted octanol–water partition coefficient (Wildman–Crippen LogP) is 8.64. The molecule has 0 bridgehead atoms. The van der Waals surface area contributed by atoms with Gasteiger partial charge in [-0.1, -0.05) is 122 Å². The molecule has 4 aromatic carbocycles. The van der Waals surface area contributed by atoms with Crippen LogP contribution in [0, 0.1) is 0 Å². The molecule has 1 aliphatic heterocycles. The van der Waals surface area contributed by atoms with Gasteiger partial charge in [-0.2, -0.15) is 0 Å². The Kier molecular flexibility index (Phi) is 7.27. The number of hydrogen-bond donors (Lipinski definition) is 1. The molecule has 0 spiro atoms. The van der Waals surface area contributed by atoms with Crippen molar-refractivity contribution < 1.29 is 19.1 Å². The van der Waals surface area contributed by atoms with E-state index in [0.717, 1.165) is 10.9 Å². The van der Waals surface area contributed by atoms with Crippen molar-refractivity contribution in [2.24, 2.45) is 0 Å². The minimum absolute atomic E-state index is 0.0495. The maximum absolute atomic E-state index is 14.0. The quantitative estimate of drug-likeness (QED) is 0.104. The number of amides is 1. The van der Waals surface area contributed by atoms with Crippen molar-refractivity contribution in [3.8, 4) is 0 Å². The first-order valence-electron chi connectivity index (χ1n) is 14.2. The molecule has 0 radical (unpaired) electrons. The van der Waals surface area contributed by atoms with Crippen LogP contribution in [0.5, 0.6) is 0 Å². The number of para-hydroxylation sites is 1. The smallest absolute Gasteiger partial charge is 0.296 e. The largest absolute Gasteiger partial charge is 0.503 e. The lowest BCUT2D eigenvalue weighted by Crippen LogP contribution is -2.31. The number of carbonyl (C=O) groups excluding carboxylic acids is 2. The minimum Gasteiger partial charge on any atom is -0.503 e. The average Bonchev–Trinajstić information content (AvgIpc) is 3.76. The van der Waals surface area contributed by atoms with E-state index < -0.39 is 23.5 Å². The molecule has 3 heterocycles. The lowest BCUT2D eigenvalue weighted by Gasteiger charge is -2.24. The van der Waals surface area contributed by atoms with Crippen LogP contribution >= 0.6 is 23.1 Å². The van der Waals surface area contributed by atoms with Crippen LogP contribution in [-0.2, 0) is 10.5 Å². The van der Waals surface area contributed by atoms with Gasteiger partial charge >= 0.3 is 0 Å². The lowest BCUT2D eigenvalue weighted by molar-refractivity contribution is -0.117. The van der Waals surface area contributed by atoms with Gasteiger partial charge < -0.3 is 9.52 Å². The Morgan fingerprint density at radius 3 is 2.45 bits per heavy atom. The van der Waals surface area contributed by atoms with E-state index in [-0.39, 0.29) is 11.3 Å². The van der Waals surface area contributed by atoms with E-state index in [1.54, 1.807) is 12.1 Å². The Morgan fingerprint density at radius 1 is 0.955 bits per heavy atom. The Balaban J connectivity index is 1.24. The van der Waals surface area contributed by atoms with Crippen molar-refractivity contribution in [2.45, 2.75) is 35.9 Å². The summed E-state index contributed by atoms with van der Waals surface area (Å²) in [5.74, 6) is -0.853. The van der Waals surface area contributed by atoms with Crippen LogP contribution in [0.25, 0.3) is 21.7 Å². The van der Waals surface area contributed by atoms with Gasteiger partial charge in [0, 0.05) is 11.1 Å². The van der Waals surface area contributed by atoms with E-state index in [9.17, 15) is 14.7 Å². The maximum Gasteiger partial charge on any atom is 0.296 e. The Labute approximate surface area is 261 Å². The summed E-state index contributed by atoms with van der Waals surface area (Å²) in [6.07, 6.45) is 0. The summed E-state index contributed by atoms with van der Waals surface area (Å²) >= 11 is 2.78. The van der Waals surface area contributed by atoms with Gasteiger partial charge in [-0.3, -0.25) is 14.5 Å². The highest BCUT2D eigenvalue weighted by molar-refractivity contribution is 8.00. The summed E-state index contributed by atoms with van der Waals surface area (Å²) in [6.45, 7) is 4.20. The molecule has 2 aromatic heterocycles. The number of nitrogens with zero attached hydrogens (tertiary/aromatic N) is 3. The molecule has 0 saturated carbocycles. The number of fused-ring (bicyclic) bond motifs is 2. The van der Waals surface area contributed by atoms with Crippen molar-refractivity contribution in [1.29, 1.82) is 0 Å². The topological polar surface area (TPSA) is 96.5 Å². The molecule has 0 fully saturated rings.